The Morgan fingerprint density at radius 3 is 2.52 bits per heavy atom. The van der Waals surface area contributed by atoms with Crippen molar-refractivity contribution < 1.29 is 0 Å². The summed E-state index contributed by atoms with van der Waals surface area (Å²) in [6.45, 7) is 0. The van der Waals surface area contributed by atoms with Gasteiger partial charge in [0.05, 0.1) is 0 Å². The van der Waals surface area contributed by atoms with E-state index in [-0.39, 0.29) is 5.82 Å². The maximum absolute atomic E-state index is 12.3. The van der Waals surface area contributed by atoms with Gasteiger partial charge in [0.15, 0.2) is 0 Å². The summed E-state index contributed by atoms with van der Waals surface area (Å²) >= 11 is 13.2. The fourth-order valence-electron chi connectivity index (χ4n) is 1.99. The van der Waals surface area contributed by atoms with Crippen molar-refractivity contribution in [2.45, 2.75) is 10.9 Å². The molecule has 0 saturated heterocycles. The van der Waals surface area contributed by atoms with E-state index in [1.165, 1.54) is 11.8 Å². The van der Waals surface area contributed by atoms with Crippen molar-refractivity contribution in [3.63, 3.8) is 0 Å². The van der Waals surface area contributed by atoms with E-state index >= 15 is 0 Å². The molecule has 0 saturated carbocycles. The number of nitrogens with two attached hydrogens (primary N) is 1. The Hall–Kier alpha value is -2.22. The van der Waals surface area contributed by atoms with Gasteiger partial charge in [0, 0.05) is 21.5 Å². The molecule has 3 N–H and O–H groups in total. The first-order valence-corrected chi connectivity index (χ1v) is 8.92. The first kappa shape index (κ1) is 17.6. The second-order valence-electron chi connectivity index (χ2n) is 5.02. The lowest BCUT2D eigenvalue weighted by Crippen LogP contribution is -2.32. The molecule has 0 unspecified atom stereocenters. The fourth-order valence-corrected chi connectivity index (χ4v) is 3.25. The molecular formula is C16H13Cl2N5OS. The van der Waals surface area contributed by atoms with Crippen LogP contribution in [0.4, 0.5) is 11.5 Å². The predicted octanol–water partition coefficient (Wildman–Crippen LogP) is 3.69. The van der Waals surface area contributed by atoms with E-state index in [1.807, 2.05) is 18.2 Å². The number of anilines is 2. The smallest absolute Gasteiger partial charge is 0.315 e. The zero-order chi connectivity index (χ0) is 17.8. The zero-order valence-corrected chi connectivity index (χ0v) is 15.1. The lowest BCUT2D eigenvalue weighted by atomic mass is 10.2. The Labute approximate surface area is 157 Å². The molecule has 0 fully saturated rings. The number of benzene rings is 2. The van der Waals surface area contributed by atoms with Gasteiger partial charge in [-0.3, -0.25) is 4.79 Å². The molecule has 3 aromatic rings. The van der Waals surface area contributed by atoms with Gasteiger partial charge in [0.1, 0.15) is 0 Å². The molecule has 128 valence electrons. The maximum atomic E-state index is 12.3. The molecule has 25 heavy (non-hydrogen) atoms. The van der Waals surface area contributed by atoms with Crippen molar-refractivity contribution in [3.8, 4) is 0 Å². The first-order valence-electron chi connectivity index (χ1n) is 7.18. The Kier molecular flexibility index (Phi) is 5.47. The van der Waals surface area contributed by atoms with Gasteiger partial charge in [-0.25, -0.2) is 0 Å². The minimum absolute atomic E-state index is 0.0342. The highest BCUT2D eigenvalue weighted by molar-refractivity contribution is 7.98. The van der Waals surface area contributed by atoms with Crippen molar-refractivity contribution in [1.29, 1.82) is 0 Å². The minimum Gasteiger partial charge on any atom is -0.334 e. The van der Waals surface area contributed by atoms with E-state index in [2.05, 4.69) is 15.5 Å². The monoisotopic (exact) mass is 393 g/mol. The number of nitrogens with one attached hydrogen (secondary N) is 1. The van der Waals surface area contributed by atoms with Crippen LogP contribution >= 0.6 is 35.0 Å². The second kappa shape index (κ2) is 7.77. The number of aromatic nitrogens is 3. The molecule has 0 radical (unpaired) electrons. The van der Waals surface area contributed by atoms with Crippen molar-refractivity contribution in [2.75, 3.05) is 11.2 Å². The summed E-state index contributed by atoms with van der Waals surface area (Å²) in [6.07, 6.45) is 0. The van der Waals surface area contributed by atoms with Crippen LogP contribution in [0, 0.1) is 0 Å². The molecule has 6 nitrogen and oxygen atoms in total. The molecule has 1 heterocycles. The van der Waals surface area contributed by atoms with Gasteiger partial charge in [-0.2, -0.15) is 4.68 Å². The third-order valence-corrected chi connectivity index (χ3v) is 4.90. The van der Waals surface area contributed by atoms with E-state index in [1.54, 1.807) is 30.3 Å². The van der Waals surface area contributed by atoms with Gasteiger partial charge in [0.2, 0.25) is 11.0 Å². The van der Waals surface area contributed by atoms with Crippen LogP contribution in [0.5, 0.6) is 0 Å². The summed E-state index contributed by atoms with van der Waals surface area (Å²) < 4.78 is 0.965. The Morgan fingerprint density at radius 1 is 1.08 bits per heavy atom. The molecule has 0 bridgehead atoms. The summed E-state index contributed by atoms with van der Waals surface area (Å²) in [5, 5.41) is 12.4. The number of nitrogen functional groups attached to an aromatic ring is 1. The average Bonchev–Trinajstić information content (AvgIpc) is 2.61. The van der Waals surface area contributed by atoms with Crippen molar-refractivity contribution >= 4 is 46.5 Å². The van der Waals surface area contributed by atoms with E-state index in [0.29, 0.717) is 26.6 Å². The van der Waals surface area contributed by atoms with Gasteiger partial charge >= 0.3 is 5.56 Å². The molecule has 1 aromatic heterocycles. The number of hydrogen-bond acceptors (Lipinski definition) is 6. The molecule has 0 aliphatic heterocycles. The lowest BCUT2D eigenvalue weighted by molar-refractivity contribution is 0.705. The normalized spacial score (nSPS) is 10.6. The Bertz CT molecular complexity index is 946. The molecule has 2 aromatic carbocycles. The van der Waals surface area contributed by atoms with Crippen molar-refractivity contribution in [1.82, 2.24) is 14.9 Å². The van der Waals surface area contributed by atoms with Crippen molar-refractivity contribution in [2.24, 2.45) is 0 Å². The van der Waals surface area contributed by atoms with Crippen LogP contribution in [0.15, 0.2) is 58.5 Å². The number of halogens is 2. The largest absolute Gasteiger partial charge is 0.334 e. The molecule has 3 rings (SSSR count). The number of rotatable bonds is 5. The van der Waals surface area contributed by atoms with Crippen LogP contribution in [0.3, 0.4) is 0 Å². The van der Waals surface area contributed by atoms with Crippen LogP contribution in [-0.2, 0) is 5.75 Å². The molecule has 0 spiro atoms. The summed E-state index contributed by atoms with van der Waals surface area (Å²) in [5.74, 6) is 6.41. The molecular weight excluding hydrogens is 381 g/mol. The summed E-state index contributed by atoms with van der Waals surface area (Å²) in [4.78, 5) is 12.3. The van der Waals surface area contributed by atoms with Gasteiger partial charge in [0.25, 0.3) is 0 Å². The molecule has 0 aliphatic rings. The second-order valence-corrected chi connectivity index (χ2v) is 6.80. The van der Waals surface area contributed by atoms with Gasteiger partial charge < -0.3 is 11.2 Å². The van der Waals surface area contributed by atoms with Crippen LogP contribution in [0.2, 0.25) is 10.0 Å². The van der Waals surface area contributed by atoms with Gasteiger partial charge in [-0.05, 0) is 35.9 Å². The fraction of sp³-hybridized carbons (Fsp3) is 0.0625. The van der Waals surface area contributed by atoms with E-state index in [9.17, 15) is 4.79 Å². The summed E-state index contributed by atoms with van der Waals surface area (Å²) in [6, 6.07) is 14.3. The molecule has 0 aliphatic carbocycles. The van der Waals surface area contributed by atoms with E-state index in [4.69, 9.17) is 29.0 Å². The van der Waals surface area contributed by atoms with E-state index in [0.717, 1.165) is 10.2 Å². The van der Waals surface area contributed by atoms with Crippen molar-refractivity contribution in [3.05, 3.63) is 74.5 Å². The lowest BCUT2D eigenvalue weighted by Gasteiger charge is -2.09. The number of thioether (sulfide) groups is 1. The maximum Gasteiger partial charge on any atom is 0.315 e. The first-order chi connectivity index (χ1) is 12.0. The third-order valence-electron chi connectivity index (χ3n) is 3.28. The van der Waals surface area contributed by atoms with E-state index < -0.39 is 5.56 Å². The highest BCUT2D eigenvalue weighted by Gasteiger charge is 2.12. The molecule has 0 amide bonds. The van der Waals surface area contributed by atoms with Crippen LogP contribution in [0.1, 0.15) is 5.56 Å². The SMILES string of the molecule is Nn1c(SCc2ccccc2Cl)nnc(Nc2ccc(Cl)cc2)c1=O. The zero-order valence-electron chi connectivity index (χ0n) is 12.8. The highest BCUT2D eigenvalue weighted by Crippen LogP contribution is 2.24. The minimum atomic E-state index is -0.480. The standard InChI is InChI=1S/C16H13Cl2N5OS/c17-11-5-7-12(8-6-11)20-14-15(24)23(19)16(22-21-14)25-9-10-3-1-2-4-13(10)18/h1-8H,9,19H2,(H,20,21). The van der Waals surface area contributed by atoms with Crippen LogP contribution in [0.25, 0.3) is 0 Å². The topological polar surface area (TPSA) is 85.8 Å². The highest BCUT2D eigenvalue weighted by atomic mass is 35.5. The van der Waals surface area contributed by atoms with Gasteiger partial charge in [-0.15, -0.1) is 10.2 Å². The third kappa shape index (κ3) is 4.25. The average molecular weight is 394 g/mol. The van der Waals surface area contributed by atoms with Gasteiger partial charge in [-0.1, -0.05) is 53.2 Å². The predicted molar refractivity (Wildman–Crippen MR) is 102 cm³/mol. The van der Waals surface area contributed by atoms with Crippen LogP contribution < -0.4 is 16.7 Å². The molecule has 9 heteroatoms. The quantitative estimate of drug-likeness (QED) is 0.507. The van der Waals surface area contributed by atoms with Crippen LogP contribution in [-0.4, -0.2) is 14.9 Å². The Morgan fingerprint density at radius 2 is 1.80 bits per heavy atom. The Balaban J connectivity index is 1.77. The summed E-state index contributed by atoms with van der Waals surface area (Å²) in [7, 11) is 0. The molecule has 0 atom stereocenters. The number of nitrogens with zero attached hydrogens (tertiary/aromatic N) is 3. The number of hydrogen-bond donors (Lipinski definition) is 2. The summed E-state index contributed by atoms with van der Waals surface area (Å²) in [5.41, 5.74) is 1.10.